The zero-order valence-corrected chi connectivity index (χ0v) is 55.6. The van der Waals surface area contributed by atoms with Gasteiger partial charge < -0.3 is 75.3 Å². The van der Waals surface area contributed by atoms with Crippen molar-refractivity contribution in [2.24, 2.45) is 32.9 Å². The smallest absolute Gasteiger partial charge is 0.315 e. The van der Waals surface area contributed by atoms with Crippen LogP contribution in [0.25, 0.3) is 0 Å². The molecule has 0 aliphatic carbocycles. The van der Waals surface area contributed by atoms with Crippen LogP contribution in [-0.2, 0) is 56.0 Å². The molecule has 6 saturated heterocycles. The van der Waals surface area contributed by atoms with E-state index in [2.05, 4.69) is 52.5 Å². The second-order valence-electron chi connectivity index (χ2n) is 24.7. The number of alkyl halides is 2. The summed E-state index contributed by atoms with van der Waals surface area (Å²) in [6.07, 6.45) is 5.67. The number of nitrogens with one attached hydrogen (secondary N) is 8. The van der Waals surface area contributed by atoms with Crippen molar-refractivity contribution in [3.8, 4) is 0 Å². The number of aliphatic imine (C=N–C) groups is 2. The largest absolute Gasteiger partial charge is 0.370 e. The summed E-state index contributed by atoms with van der Waals surface area (Å²) >= 11 is 17.0. The number of carbonyl (C=O) groups is 11. The lowest BCUT2D eigenvalue weighted by molar-refractivity contribution is -0.142. The standard InChI is InChI=1S/C63H88Cl2N16O11S2/c64-49(53(84)37(19-11-27-70-60(66)67)74-56(87)43-21-13-29-80(43)58(89)39(31-35-15-3-1-4-16-35)72-47(82)25-9-7-23-45-51-41(33-93-45)76-62(91)78-51)55(86)50(65)54(85)38(20-12-28-71-61(68)69)75-57(88)44-22-14-30-81(44)59(90)40(32-36-17-5-2-6-18-36)73-48(83)26-10-8-24-46-52-42(34-94-46)77-63(92)79-52/h1-6,15-18,37-46,49-52H,7-14,19-34H2,(H,72,82)(H,73,83)(H,74,87)(H,75,88)(H4,66,67,70)(H4,68,69,71)(H2,76,78,91)(H2,77,79,92)/t37-,38-,39-,40-,41-,42-,43-,44-,45-,46-,49?,50?,51-,52-/m0/s1. The Morgan fingerprint density at radius 3 is 1.30 bits per heavy atom. The van der Waals surface area contributed by atoms with Crippen LogP contribution in [0.2, 0.25) is 0 Å². The van der Waals surface area contributed by atoms with Gasteiger partial charge in [0.2, 0.25) is 35.4 Å². The van der Waals surface area contributed by atoms with Crippen LogP contribution in [-0.4, -0.2) is 206 Å². The summed E-state index contributed by atoms with van der Waals surface area (Å²) < 4.78 is 0. The van der Waals surface area contributed by atoms with Gasteiger partial charge in [-0.25, -0.2) is 9.59 Å². The summed E-state index contributed by atoms with van der Waals surface area (Å²) in [5.41, 5.74) is 23.8. The van der Waals surface area contributed by atoms with E-state index in [0.29, 0.717) is 25.7 Å². The number of hydrogen-bond donors (Lipinski definition) is 12. The number of ketones is 3. The van der Waals surface area contributed by atoms with Gasteiger partial charge in [-0.2, -0.15) is 23.5 Å². The summed E-state index contributed by atoms with van der Waals surface area (Å²) in [5, 5.41) is 19.3. The minimum absolute atomic E-state index is 0.00152. The average Bonchev–Trinajstić information content (AvgIpc) is 1.86. The molecule has 0 aromatic heterocycles. The molecule has 2 aromatic carbocycles. The zero-order chi connectivity index (χ0) is 67.4. The molecule has 6 fully saturated rings. The molecular weight excluding hydrogens is 1290 g/mol. The maximum absolute atomic E-state index is 14.6. The molecule has 10 amide bonds. The van der Waals surface area contributed by atoms with Crippen LogP contribution in [0, 0.1) is 0 Å². The highest BCUT2D eigenvalue weighted by molar-refractivity contribution is 8.00. The van der Waals surface area contributed by atoms with Crippen molar-refractivity contribution >= 4 is 123 Å². The van der Waals surface area contributed by atoms with E-state index in [1.807, 2.05) is 60.7 Å². The second kappa shape index (κ2) is 35.4. The van der Waals surface area contributed by atoms with Crippen LogP contribution >= 0.6 is 46.7 Å². The van der Waals surface area contributed by atoms with Crippen LogP contribution in [0.15, 0.2) is 70.6 Å². The van der Waals surface area contributed by atoms with E-state index in [1.54, 1.807) is 23.5 Å². The van der Waals surface area contributed by atoms with E-state index in [0.717, 1.165) is 48.3 Å². The quantitative estimate of drug-likeness (QED) is 0.0112. The molecule has 14 atom stereocenters. The fourth-order valence-corrected chi connectivity index (χ4v) is 16.8. The van der Waals surface area contributed by atoms with Gasteiger partial charge in [0, 0.05) is 73.9 Å². The zero-order valence-electron chi connectivity index (χ0n) is 52.5. The number of nitrogens with two attached hydrogens (primary N) is 4. The number of urea groups is 2. The number of halogens is 2. The molecule has 6 aliphatic rings. The van der Waals surface area contributed by atoms with Crippen molar-refractivity contribution in [1.82, 2.24) is 52.3 Å². The molecule has 512 valence electrons. The number of fused-ring (bicyclic) bond motifs is 2. The SMILES string of the molecule is NC(N)=NCCC[C@H](NC(=O)[C@@H]1CCCN1C(=O)[C@H](Cc1ccccc1)NC(=O)CCCC[C@@H]1SC[C@@H]2NC(=O)N[C@@H]21)C(=O)C(Cl)C(=O)C(Cl)C(=O)[C@H](CCCN=C(N)N)NC(=O)[C@@H]1CCCN1C(=O)[C@H](Cc1ccccc1)NC(=O)CCCC[C@@H]1SC[C@@H]2NC(=O)N[C@@H]21. The Bertz CT molecular complexity index is 2900. The number of rotatable bonds is 36. The van der Waals surface area contributed by atoms with Gasteiger partial charge in [0.15, 0.2) is 40.0 Å². The first-order chi connectivity index (χ1) is 45.1. The van der Waals surface area contributed by atoms with Crippen LogP contribution in [0.4, 0.5) is 9.59 Å². The van der Waals surface area contributed by atoms with Gasteiger partial charge in [0.1, 0.15) is 24.2 Å². The van der Waals surface area contributed by atoms with Crippen LogP contribution in [0.1, 0.15) is 114 Å². The highest BCUT2D eigenvalue weighted by Crippen LogP contribution is 2.35. The third kappa shape index (κ3) is 20.3. The Labute approximate surface area is 565 Å². The molecule has 0 radical (unpaired) electrons. The Morgan fingerprint density at radius 1 is 0.521 bits per heavy atom. The topological polar surface area (TPSA) is 419 Å². The Balaban J connectivity index is 0.903. The monoisotopic (exact) mass is 1380 g/mol. The summed E-state index contributed by atoms with van der Waals surface area (Å²) in [6.45, 7) is 0.303. The van der Waals surface area contributed by atoms with Gasteiger partial charge in [-0.15, -0.1) is 23.2 Å². The van der Waals surface area contributed by atoms with Crippen molar-refractivity contribution in [2.45, 2.75) is 197 Å². The van der Waals surface area contributed by atoms with Crippen molar-refractivity contribution in [3.63, 3.8) is 0 Å². The minimum atomic E-state index is -2.13. The van der Waals surface area contributed by atoms with Gasteiger partial charge in [0.05, 0.1) is 36.3 Å². The fraction of sp³-hybridized carbons (Fsp3) is 0.603. The highest BCUT2D eigenvalue weighted by atomic mass is 35.5. The predicted molar refractivity (Wildman–Crippen MR) is 360 cm³/mol. The summed E-state index contributed by atoms with van der Waals surface area (Å²) in [4.78, 5) is 163. The Kier molecular flexibility index (Phi) is 27.3. The van der Waals surface area contributed by atoms with Crippen LogP contribution in [0.3, 0.4) is 0 Å². The molecule has 6 aliphatic heterocycles. The van der Waals surface area contributed by atoms with E-state index in [9.17, 15) is 52.7 Å². The number of guanidine groups is 2. The maximum Gasteiger partial charge on any atom is 0.315 e. The lowest BCUT2D eigenvalue weighted by Crippen LogP contribution is -2.57. The number of amides is 10. The first-order valence-corrected chi connectivity index (χ1v) is 35.4. The van der Waals surface area contributed by atoms with E-state index in [-0.39, 0.29) is 161 Å². The molecule has 27 nitrogen and oxygen atoms in total. The van der Waals surface area contributed by atoms with E-state index in [1.165, 1.54) is 9.80 Å². The molecule has 6 heterocycles. The molecule has 31 heteroatoms. The van der Waals surface area contributed by atoms with Crippen LogP contribution in [0.5, 0.6) is 0 Å². The third-order valence-corrected chi connectivity index (χ3v) is 21.8. The number of likely N-dealkylation sites (tertiary alicyclic amines) is 2. The number of benzene rings is 2. The lowest BCUT2D eigenvalue weighted by atomic mass is 9.95. The molecule has 0 spiro atoms. The number of unbranched alkanes of at least 4 members (excludes halogenated alkanes) is 2. The fourth-order valence-electron chi connectivity index (χ4n) is 13.1. The van der Waals surface area contributed by atoms with Crippen molar-refractivity contribution in [3.05, 3.63) is 71.8 Å². The summed E-state index contributed by atoms with van der Waals surface area (Å²) in [5.74, 6) is -5.40. The molecule has 8 rings (SSSR count). The Hall–Kier alpha value is -7.37. The number of carbonyl (C=O) groups excluding carboxylic acids is 11. The molecule has 0 bridgehead atoms. The molecular formula is C63H88Cl2N16O11S2. The van der Waals surface area contributed by atoms with Crippen molar-refractivity contribution in [1.29, 1.82) is 0 Å². The van der Waals surface area contributed by atoms with E-state index in [4.69, 9.17) is 46.1 Å². The number of nitrogens with zero attached hydrogens (tertiary/aromatic N) is 4. The molecule has 2 unspecified atom stereocenters. The van der Waals surface area contributed by atoms with Gasteiger partial charge in [-0.1, -0.05) is 73.5 Å². The van der Waals surface area contributed by atoms with Gasteiger partial charge in [-0.05, 0) is 88.2 Å². The highest BCUT2D eigenvalue weighted by Gasteiger charge is 2.47. The Morgan fingerprint density at radius 2 is 0.915 bits per heavy atom. The number of thioether (sulfide) groups is 2. The van der Waals surface area contributed by atoms with Gasteiger partial charge in [0.25, 0.3) is 0 Å². The third-order valence-electron chi connectivity index (χ3n) is 17.9. The minimum Gasteiger partial charge on any atom is -0.370 e. The van der Waals surface area contributed by atoms with E-state index < -0.39 is 88.0 Å². The maximum atomic E-state index is 14.6. The number of Topliss-reactive ketones (excluding diaryl/α,β-unsaturated/α-hetero) is 3. The average molecular weight is 1380 g/mol. The normalized spacial score (nSPS) is 23.7. The number of hydrogen-bond acceptors (Lipinski definition) is 15. The molecule has 16 N–H and O–H groups in total. The predicted octanol–water partition coefficient (Wildman–Crippen LogP) is 0.874. The molecule has 2 aromatic rings. The van der Waals surface area contributed by atoms with Gasteiger partial charge >= 0.3 is 12.1 Å². The molecule has 94 heavy (non-hydrogen) atoms. The van der Waals surface area contributed by atoms with Crippen molar-refractivity contribution < 1.29 is 52.7 Å². The van der Waals surface area contributed by atoms with Crippen LogP contribution < -0.4 is 65.5 Å². The van der Waals surface area contributed by atoms with E-state index >= 15 is 0 Å². The van der Waals surface area contributed by atoms with Crippen molar-refractivity contribution in [2.75, 3.05) is 37.7 Å². The second-order valence-corrected chi connectivity index (χ2v) is 28.1. The van der Waals surface area contributed by atoms with Gasteiger partial charge in [-0.3, -0.25) is 53.1 Å². The summed E-state index contributed by atoms with van der Waals surface area (Å²) in [7, 11) is 0. The summed E-state index contributed by atoms with van der Waals surface area (Å²) in [6, 6.07) is 10.7. The first-order valence-electron chi connectivity index (χ1n) is 32.4. The lowest BCUT2D eigenvalue weighted by Gasteiger charge is -2.30. The first kappa shape index (κ1) is 72.5. The molecule has 0 saturated carbocycles.